The third-order valence-corrected chi connectivity index (χ3v) is 4.40. The maximum absolute atomic E-state index is 13.8. The molecule has 2 nitrogen and oxygen atoms in total. The zero-order chi connectivity index (χ0) is 13.9. The van der Waals surface area contributed by atoms with Gasteiger partial charge in [0.1, 0.15) is 5.82 Å². The molecule has 0 aromatic heterocycles. The van der Waals surface area contributed by atoms with E-state index in [9.17, 15) is 4.39 Å². The molecule has 20 heavy (non-hydrogen) atoms. The van der Waals surface area contributed by atoms with E-state index < -0.39 is 0 Å². The average molecular weight is 366 g/mol. The Bertz CT molecular complexity index is 436. The number of benzene rings is 1. The monoisotopic (exact) mass is 364 g/mol. The van der Waals surface area contributed by atoms with Crippen molar-refractivity contribution in [3.63, 3.8) is 0 Å². The zero-order valence-electron chi connectivity index (χ0n) is 12.1. The minimum absolute atomic E-state index is 0. The summed E-state index contributed by atoms with van der Waals surface area (Å²) in [6.45, 7) is 9.25. The smallest absolute Gasteiger partial charge is 0.127 e. The average Bonchev–Trinajstić information content (AvgIpc) is 2.79. The van der Waals surface area contributed by atoms with E-state index in [0.29, 0.717) is 12.0 Å². The first-order valence-corrected chi connectivity index (χ1v) is 7.69. The summed E-state index contributed by atoms with van der Waals surface area (Å²) in [7, 11) is 0. The van der Waals surface area contributed by atoms with Crippen molar-refractivity contribution in [1.82, 2.24) is 10.2 Å². The number of rotatable bonds is 5. The third kappa shape index (κ3) is 4.69. The molecule has 1 unspecified atom stereocenters. The molecule has 1 saturated heterocycles. The van der Waals surface area contributed by atoms with Crippen molar-refractivity contribution in [2.45, 2.75) is 26.8 Å². The molecule has 114 valence electrons. The van der Waals surface area contributed by atoms with Gasteiger partial charge in [0.2, 0.25) is 0 Å². The van der Waals surface area contributed by atoms with Crippen LogP contribution in [0.25, 0.3) is 0 Å². The fraction of sp³-hybridized carbons (Fsp3) is 0.600. The molecule has 0 amide bonds. The van der Waals surface area contributed by atoms with Crippen molar-refractivity contribution in [3.8, 4) is 0 Å². The highest BCUT2D eigenvalue weighted by Gasteiger charge is 2.30. The summed E-state index contributed by atoms with van der Waals surface area (Å²) < 4.78 is 14.8. The van der Waals surface area contributed by atoms with E-state index in [1.54, 1.807) is 6.07 Å². The van der Waals surface area contributed by atoms with E-state index in [1.165, 1.54) is 12.5 Å². The Morgan fingerprint density at radius 3 is 2.80 bits per heavy atom. The SMILES string of the molecule is CCN(Cc1cc(Br)ccc1F)CC1(C)CCNC1.Cl. The van der Waals surface area contributed by atoms with Gasteiger partial charge in [0, 0.05) is 29.7 Å². The molecule has 0 saturated carbocycles. The summed E-state index contributed by atoms with van der Waals surface area (Å²) in [5.41, 5.74) is 1.09. The van der Waals surface area contributed by atoms with Gasteiger partial charge in [-0.1, -0.05) is 29.8 Å². The number of nitrogens with one attached hydrogen (secondary N) is 1. The molecule has 1 aromatic carbocycles. The first kappa shape index (κ1) is 17.9. The Hall–Kier alpha value is -0.160. The maximum atomic E-state index is 13.8. The van der Waals surface area contributed by atoms with Gasteiger partial charge >= 0.3 is 0 Å². The van der Waals surface area contributed by atoms with Gasteiger partial charge in [0.05, 0.1) is 0 Å². The second-order valence-corrected chi connectivity index (χ2v) is 6.69. The second kappa shape index (κ2) is 7.74. The van der Waals surface area contributed by atoms with E-state index in [1.807, 2.05) is 6.07 Å². The Kier molecular flexibility index (Phi) is 6.92. The first-order chi connectivity index (χ1) is 9.02. The molecule has 5 heteroatoms. The van der Waals surface area contributed by atoms with Gasteiger partial charge in [0.15, 0.2) is 0 Å². The number of halogens is 3. The van der Waals surface area contributed by atoms with Crippen LogP contribution in [-0.4, -0.2) is 31.1 Å². The van der Waals surface area contributed by atoms with Crippen molar-refractivity contribution in [2.24, 2.45) is 5.41 Å². The molecule has 0 bridgehead atoms. The first-order valence-electron chi connectivity index (χ1n) is 6.89. The predicted octanol–water partition coefficient (Wildman–Crippen LogP) is 3.83. The van der Waals surface area contributed by atoms with Crippen molar-refractivity contribution >= 4 is 28.3 Å². The largest absolute Gasteiger partial charge is 0.316 e. The summed E-state index contributed by atoms with van der Waals surface area (Å²) in [5.74, 6) is -0.114. The molecular formula is C15H23BrClFN2. The highest BCUT2D eigenvalue weighted by Crippen LogP contribution is 2.27. The van der Waals surface area contributed by atoms with Crippen molar-refractivity contribution in [1.29, 1.82) is 0 Å². The number of nitrogens with zero attached hydrogens (tertiary/aromatic N) is 1. The van der Waals surface area contributed by atoms with E-state index in [-0.39, 0.29) is 18.2 Å². The van der Waals surface area contributed by atoms with Crippen LogP contribution in [0.5, 0.6) is 0 Å². The minimum Gasteiger partial charge on any atom is -0.316 e. The molecule has 1 N–H and O–H groups in total. The molecule has 1 aromatic rings. The van der Waals surface area contributed by atoms with Crippen molar-refractivity contribution in [3.05, 3.63) is 34.1 Å². The molecule has 1 atom stereocenters. The minimum atomic E-state index is -0.114. The van der Waals surface area contributed by atoms with Crippen LogP contribution >= 0.6 is 28.3 Å². The maximum Gasteiger partial charge on any atom is 0.127 e. The van der Waals surface area contributed by atoms with Gasteiger partial charge in [0.25, 0.3) is 0 Å². The summed E-state index contributed by atoms with van der Waals surface area (Å²) in [6.07, 6.45) is 1.20. The molecule has 1 aliphatic rings. The Morgan fingerprint density at radius 1 is 1.45 bits per heavy atom. The lowest BCUT2D eigenvalue weighted by atomic mass is 9.89. The number of hydrogen-bond acceptors (Lipinski definition) is 2. The fourth-order valence-corrected chi connectivity index (χ4v) is 3.14. The highest BCUT2D eigenvalue weighted by molar-refractivity contribution is 9.10. The van der Waals surface area contributed by atoms with Gasteiger partial charge < -0.3 is 5.32 Å². The second-order valence-electron chi connectivity index (χ2n) is 5.78. The normalized spacial score (nSPS) is 22.1. The number of hydrogen-bond donors (Lipinski definition) is 1. The highest BCUT2D eigenvalue weighted by atomic mass is 79.9. The summed E-state index contributed by atoms with van der Waals surface area (Å²) in [5, 5.41) is 3.42. The lowest BCUT2D eigenvalue weighted by Gasteiger charge is -2.31. The topological polar surface area (TPSA) is 15.3 Å². The standard InChI is InChI=1S/C15H22BrFN2.ClH/c1-3-19(11-15(2)6-7-18-10-15)9-12-8-13(16)4-5-14(12)17;/h4-5,8,18H,3,6-7,9-11H2,1-2H3;1H. The molecule has 0 spiro atoms. The van der Waals surface area contributed by atoms with E-state index in [2.05, 4.69) is 40.0 Å². The van der Waals surface area contributed by atoms with Crippen LogP contribution < -0.4 is 5.32 Å². The van der Waals surface area contributed by atoms with Crippen molar-refractivity contribution < 1.29 is 4.39 Å². The van der Waals surface area contributed by atoms with Gasteiger partial charge in [-0.05, 0) is 43.1 Å². The molecule has 1 fully saturated rings. The summed E-state index contributed by atoms with van der Waals surface area (Å²) >= 11 is 3.41. The van der Waals surface area contributed by atoms with Crippen LogP contribution in [0.15, 0.2) is 22.7 Å². The lowest BCUT2D eigenvalue weighted by Crippen LogP contribution is -2.37. The Morgan fingerprint density at radius 2 is 2.20 bits per heavy atom. The predicted molar refractivity (Wildman–Crippen MR) is 87.9 cm³/mol. The zero-order valence-corrected chi connectivity index (χ0v) is 14.5. The quantitative estimate of drug-likeness (QED) is 0.853. The summed E-state index contributed by atoms with van der Waals surface area (Å²) in [6, 6.07) is 5.16. The van der Waals surface area contributed by atoms with Gasteiger partial charge in [-0.25, -0.2) is 4.39 Å². The van der Waals surface area contributed by atoms with Crippen LogP contribution in [0.2, 0.25) is 0 Å². The molecule has 2 rings (SSSR count). The van der Waals surface area contributed by atoms with Crippen LogP contribution in [0, 0.1) is 11.2 Å². The molecule has 1 aliphatic heterocycles. The molecule has 0 aliphatic carbocycles. The molecule has 0 radical (unpaired) electrons. The Labute approximate surface area is 135 Å². The van der Waals surface area contributed by atoms with Gasteiger partial charge in [-0.3, -0.25) is 4.90 Å². The van der Waals surface area contributed by atoms with Crippen LogP contribution in [0.3, 0.4) is 0 Å². The molecule has 1 heterocycles. The van der Waals surface area contributed by atoms with Crippen LogP contribution in [0.4, 0.5) is 4.39 Å². The van der Waals surface area contributed by atoms with Crippen LogP contribution in [-0.2, 0) is 6.54 Å². The van der Waals surface area contributed by atoms with E-state index in [4.69, 9.17) is 0 Å². The van der Waals surface area contributed by atoms with Gasteiger partial charge in [-0.15, -0.1) is 12.4 Å². The summed E-state index contributed by atoms with van der Waals surface area (Å²) in [4.78, 5) is 2.33. The van der Waals surface area contributed by atoms with Crippen LogP contribution in [0.1, 0.15) is 25.8 Å². The van der Waals surface area contributed by atoms with Crippen molar-refractivity contribution in [2.75, 3.05) is 26.2 Å². The Balaban J connectivity index is 0.00000200. The van der Waals surface area contributed by atoms with Gasteiger partial charge in [-0.2, -0.15) is 0 Å². The third-order valence-electron chi connectivity index (χ3n) is 3.91. The fourth-order valence-electron chi connectivity index (χ4n) is 2.73. The molecular weight excluding hydrogens is 343 g/mol. The van der Waals surface area contributed by atoms with E-state index in [0.717, 1.165) is 36.2 Å². The van der Waals surface area contributed by atoms with E-state index >= 15 is 0 Å². The lowest BCUT2D eigenvalue weighted by molar-refractivity contribution is 0.176.